The number of ether oxygens (including phenoxy) is 1. The van der Waals surface area contributed by atoms with Gasteiger partial charge in [0.25, 0.3) is 0 Å². The summed E-state index contributed by atoms with van der Waals surface area (Å²) in [5.41, 5.74) is 0. The molecule has 0 amide bonds. The van der Waals surface area contributed by atoms with Gasteiger partial charge in [0, 0.05) is 12.1 Å². The zero-order valence-corrected chi connectivity index (χ0v) is 5.34. The molecule has 2 heteroatoms. The van der Waals surface area contributed by atoms with E-state index in [0.717, 1.165) is 19.6 Å². The van der Waals surface area contributed by atoms with E-state index in [1.807, 2.05) is 0 Å². The SMILES string of the molecule is C1=CC2COCC(C1)N2. The van der Waals surface area contributed by atoms with Crippen LogP contribution in [0.4, 0.5) is 0 Å². The highest BCUT2D eigenvalue weighted by Crippen LogP contribution is 2.10. The fourth-order valence-electron chi connectivity index (χ4n) is 1.39. The number of hydrogen-bond acceptors (Lipinski definition) is 2. The molecule has 2 atom stereocenters. The van der Waals surface area contributed by atoms with Gasteiger partial charge in [0.15, 0.2) is 0 Å². The van der Waals surface area contributed by atoms with E-state index in [2.05, 4.69) is 17.5 Å². The molecule has 0 radical (unpaired) electrons. The molecule has 0 aromatic heterocycles. The van der Waals surface area contributed by atoms with Crippen LogP contribution in [0.3, 0.4) is 0 Å². The van der Waals surface area contributed by atoms with Crippen molar-refractivity contribution in [3.8, 4) is 0 Å². The summed E-state index contributed by atoms with van der Waals surface area (Å²) >= 11 is 0. The second-order valence-electron chi connectivity index (χ2n) is 2.67. The van der Waals surface area contributed by atoms with Crippen LogP contribution in [0.5, 0.6) is 0 Å². The average Bonchev–Trinajstić information content (AvgIpc) is 1.88. The molecule has 2 rings (SSSR count). The Morgan fingerprint density at radius 3 is 3.22 bits per heavy atom. The molecule has 2 aliphatic rings. The molecule has 1 fully saturated rings. The van der Waals surface area contributed by atoms with Gasteiger partial charge in [-0.15, -0.1) is 0 Å². The third-order valence-electron chi connectivity index (χ3n) is 1.86. The summed E-state index contributed by atoms with van der Waals surface area (Å²) in [5, 5.41) is 3.44. The van der Waals surface area contributed by atoms with Gasteiger partial charge in [-0.3, -0.25) is 0 Å². The van der Waals surface area contributed by atoms with E-state index in [1.54, 1.807) is 0 Å². The van der Waals surface area contributed by atoms with Crippen LogP contribution >= 0.6 is 0 Å². The van der Waals surface area contributed by atoms with Crippen molar-refractivity contribution in [3.05, 3.63) is 12.2 Å². The highest BCUT2D eigenvalue weighted by Gasteiger charge is 2.21. The predicted molar refractivity (Wildman–Crippen MR) is 35.3 cm³/mol. The van der Waals surface area contributed by atoms with Gasteiger partial charge in [-0.2, -0.15) is 0 Å². The highest BCUT2D eigenvalue weighted by atomic mass is 16.5. The Balaban J connectivity index is 2.09. The summed E-state index contributed by atoms with van der Waals surface area (Å²) in [6, 6.07) is 1.09. The van der Waals surface area contributed by atoms with Crippen molar-refractivity contribution in [2.24, 2.45) is 0 Å². The van der Waals surface area contributed by atoms with Gasteiger partial charge in [0.2, 0.25) is 0 Å². The molecular weight excluding hydrogens is 114 g/mol. The summed E-state index contributed by atoms with van der Waals surface area (Å²) < 4.78 is 5.32. The van der Waals surface area contributed by atoms with Crippen molar-refractivity contribution in [2.45, 2.75) is 18.5 Å². The van der Waals surface area contributed by atoms with Crippen LogP contribution in [0.15, 0.2) is 12.2 Å². The van der Waals surface area contributed by atoms with E-state index in [9.17, 15) is 0 Å². The van der Waals surface area contributed by atoms with Crippen LogP contribution in [0.2, 0.25) is 0 Å². The highest BCUT2D eigenvalue weighted by molar-refractivity contribution is 5.03. The van der Waals surface area contributed by atoms with Gasteiger partial charge < -0.3 is 10.1 Å². The number of nitrogens with one attached hydrogen (secondary N) is 1. The predicted octanol–water partition coefficient (Wildman–Crippen LogP) is 0.303. The second-order valence-corrected chi connectivity index (χ2v) is 2.67. The zero-order chi connectivity index (χ0) is 6.10. The Kier molecular flexibility index (Phi) is 1.28. The Labute approximate surface area is 54.9 Å². The van der Waals surface area contributed by atoms with Crippen molar-refractivity contribution in [1.29, 1.82) is 0 Å². The quantitative estimate of drug-likeness (QED) is 0.470. The van der Waals surface area contributed by atoms with Gasteiger partial charge in [0.05, 0.1) is 13.2 Å². The lowest BCUT2D eigenvalue weighted by Gasteiger charge is -2.31. The van der Waals surface area contributed by atoms with Crippen molar-refractivity contribution < 1.29 is 4.74 Å². The minimum atomic E-state index is 0.498. The first-order chi connectivity index (χ1) is 4.45. The molecule has 2 aliphatic heterocycles. The molecule has 1 N–H and O–H groups in total. The maximum Gasteiger partial charge on any atom is 0.0656 e. The van der Waals surface area contributed by atoms with Crippen LogP contribution in [0, 0.1) is 0 Å². The third kappa shape index (κ3) is 1.00. The van der Waals surface area contributed by atoms with Crippen LogP contribution in [0.1, 0.15) is 6.42 Å². The van der Waals surface area contributed by atoms with E-state index in [1.165, 1.54) is 0 Å². The van der Waals surface area contributed by atoms with Crippen LogP contribution in [-0.4, -0.2) is 25.3 Å². The maximum absolute atomic E-state index is 5.32. The van der Waals surface area contributed by atoms with E-state index in [-0.39, 0.29) is 0 Å². The van der Waals surface area contributed by atoms with E-state index < -0.39 is 0 Å². The summed E-state index contributed by atoms with van der Waals surface area (Å²) in [4.78, 5) is 0. The third-order valence-corrected chi connectivity index (χ3v) is 1.86. The summed E-state index contributed by atoms with van der Waals surface area (Å²) in [6.45, 7) is 1.74. The molecule has 0 aromatic carbocycles. The topological polar surface area (TPSA) is 21.3 Å². The largest absolute Gasteiger partial charge is 0.378 e. The lowest BCUT2D eigenvalue weighted by molar-refractivity contribution is 0.0547. The molecule has 0 spiro atoms. The molecule has 2 unspecified atom stereocenters. The Bertz CT molecular complexity index is 133. The lowest BCUT2D eigenvalue weighted by Crippen LogP contribution is -2.49. The first-order valence-electron chi connectivity index (χ1n) is 3.45. The molecular formula is C7H11NO. The molecule has 0 aromatic rings. The first-order valence-corrected chi connectivity index (χ1v) is 3.45. The van der Waals surface area contributed by atoms with E-state index >= 15 is 0 Å². The van der Waals surface area contributed by atoms with Crippen molar-refractivity contribution >= 4 is 0 Å². The number of fused-ring (bicyclic) bond motifs is 2. The van der Waals surface area contributed by atoms with Crippen LogP contribution < -0.4 is 5.32 Å². The van der Waals surface area contributed by atoms with Crippen molar-refractivity contribution in [1.82, 2.24) is 5.32 Å². The Morgan fingerprint density at radius 1 is 1.44 bits per heavy atom. The lowest BCUT2D eigenvalue weighted by atomic mass is 10.1. The minimum Gasteiger partial charge on any atom is -0.378 e. The van der Waals surface area contributed by atoms with Crippen LogP contribution in [-0.2, 0) is 4.74 Å². The second kappa shape index (κ2) is 2.12. The van der Waals surface area contributed by atoms with Gasteiger partial charge in [-0.05, 0) is 6.42 Å². The van der Waals surface area contributed by atoms with E-state index in [0.29, 0.717) is 12.1 Å². The maximum atomic E-state index is 5.32. The van der Waals surface area contributed by atoms with Crippen molar-refractivity contribution in [3.63, 3.8) is 0 Å². The number of morpholine rings is 1. The normalized spacial score (nSPS) is 40.9. The number of hydrogen-bond donors (Lipinski definition) is 1. The molecule has 2 bridgehead atoms. The van der Waals surface area contributed by atoms with Gasteiger partial charge in [0.1, 0.15) is 0 Å². The summed E-state index contributed by atoms with van der Waals surface area (Å²) in [7, 11) is 0. The molecule has 9 heavy (non-hydrogen) atoms. The van der Waals surface area contributed by atoms with Gasteiger partial charge in [-0.1, -0.05) is 12.2 Å². The van der Waals surface area contributed by atoms with Gasteiger partial charge >= 0.3 is 0 Å². The summed E-state index contributed by atoms with van der Waals surface area (Å²) in [6.07, 6.45) is 5.57. The Hall–Kier alpha value is -0.340. The Morgan fingerprint density at radius 2 is 2.44 bits per heavy atom. The monoisotopic (exact) mass is 125 g/mol. The fraction of sp³-hybridized carbons (Fsp3) is 0.714. The molecule has 0 saturated carbocycles. The fourth-order valence-corrected chi connectivity index (χ4v) is 1.39. The molecule has 0 aliphatic carbocycles. The first kappa shape index (κ1) is 5.45. The molecule has 1 saturated heterocycles. The van der Waals surface area contributed by atoms with Crippen LogP contribution in [0.25, 0.3) is 0 Å². The molecule has 2 heterocycles. The van der Waals surface area contributed by atoms with Gasteiger partial charge in [-0.25, -0.2) is 0 Å². The van der Waals surface area contributed by atoms with Crippen molar-refractivity contribution in [2.75, 3.05) is 13.2 Å². The summed E-state index contributed by atoms with van der Waals surface area (Å²) in [5.74, 6) is 0. The minimum absolute atomic E-state index is 0.498. The average molecular weight is 125 g/mol. The smallest absolute Gasteiger partial charge is 0.0656 e. The standard InChI is InChI=1S/C7H11NO/c1-2-6-4-9-5-7(3-1)8-6/h1-2,6-8H,3-5H2. The molecule has 2 nitrogen and oxygen atoms in total. The zero-order valence-electron chi connectivity index (χ0n) is 5.34. The number of rotatable bonds is 0. The molecule has 50 valence electrons. The van der Waals surface area contributed by atoms with E-state index in [4.69, 9.17) is 4.74 Å².